The van der Waals surface area contributed by atoms with Crippen LogP contribution in [0.3, 0.4) is 0 Å². The maximum absolute atomic E-state index is 11.6. The van der Waals surface area contributed by atoms with Crippen LogP contribution in [0.15, 0.2) is 0 Å². The molecule has 1 atom stereocenters. The van der Waals surface area contributed by atoms with Gasteiger partial charge in [0.15, 0.2) is 12.0 Å². The number of aliphatic hydroxyl groups excluding tert-OH is 1. The summed E-state index contributed by atoms with van der Waals surface area (Å²) >= 11 is 0. The largest absolute Gasteiger partial charge is 0.415 e. The van der Waals surface area contributed by atoms with Crippen LogP contribution in [-0.2, 0) is 0 Å². The predicted molar refractivity (Wildman–Crippen MR) is 27.7 cm³/mol. The van der Waals surface area contributed by atoms with E-state index in [9.17, 15) is 39.5 Å². The zero-order valence-corrected chi connectivity index (χ0v) is 6.50. The summed E-state index contributed by atoms with van der Waals surface area (Å²) in [5.41, 5.74) is 0. The lowest BCUT2D eigenvalue weighted by Gasteiger charge is -2.28. The van der Waals surface area contributed by atoms with Gasteiger partial charge in [-0.15, -0.1) is 0 Å². The second-order valence-electron chi connectivity index (χ2n) is 2.55. The van der Waals surface area contributed by atoms with Crippen LogP contribution in [0.4, 0.5) is 39.5 Å². The highest BCUT2D eigenvalue weighted by Crippen LogP contribution is 2.45. The summed E-state index contributed by atoms with van der Waals surface area (Å²) in [6.07, 6.45) is -22.9. The van der Waals surface area contributed by atoms with Gasteiger partial charge in [-0.05, 0) is 0 Å². The molecule has 1 nitrogen and oxygen atoms in total. The highest BCUT2D eigenvalue weighted by molar-refractivity contribution is 4.86. The van der Waals surface area contributed by atoms with E-state index in [4.69, 9.17) is 5.11 Å². The number of hydrogen-bond donors (Lipinski definition) is 1. The minimum Gasteiger partial charge on any atom is -0.383 e. The smallest absolute Gasteiger partial charge is 0.383 e. The monoisotopic (exact) mass is 250 g/mol. The third-order valence-corrected chi connectivity index (χ3v) is 1.36. The summed E-state index contributed by atoms with van der Waals surface area (Å²) in [7, 11) is 0. The fourth-order valence-corrected chi connectivity index (χ4v) is 0.733. The number of halogens is 9. The van der Waals surface area contributed by atoms with Crippen molar-refractivity contribution in [3.05, 3.63) is 0 Å². The summed E-state index contributed by atoms with van der Waals surface area (Å²) in [4.78, 5) is 0. The van der Waals surface area contributed by atoms with E-state index in [-0.39, 0.29) is 0 Å². The minimum absolute atomic E-state index is 4.52. The molecular formula is C5H3F9O. The summed E-state index contributed by atoms with van der Waals surface area (Å²) in [5, 5.41) is 7.95. The van der Waals surface area contributed by atoms with Crippen molar-refractivity contribution in [2.45, 2.75) is 24.6 Å². The molecule has 0 fully saturated rings. The Kier molecular flexibility index (Phi) is 3.56. The Labute approximate surface area is 76.5 Å². The third-order valence-electron chi connectivity index (χ3n) is 1.36. The molecule has 0 amide bonds. The Morgan fingerprint density at radius 1 is 0.600 bits per heavy atom. The van der Waals surface area contributed by atoms with Gasteiger partial charge >= 0.3 is 18.5 Å². The first-order chi connectivity index (χ1) is 6.28. The van der Waals surface area contributed by atoms with Crippen LogP contribution in [-0.4, -0.2) is 29.7 Å². The molecule has 0 unspecified atom stereocenters. The lowest BCUT2D eigenvalue weighted by atomic mass is 10.0. The van der Waals surface area contributed by atoms with Crippen LogP contribution >= 0.6 is 0 Å². The molecule has 92 valence electrons. The lowest BCUT2D eigenvalue weighted by Crippen LogP contribution is -2.50. The van der Waals surface area contributed by atoms with E-state index < -0.39 is 30.6 Å². The van der Waals surface area contributed by atoms with Gasteiger partial charge in [0.1, 0.15) is 0 Å². The first-order valence-corrected chi connectivity index (χ1v) is 3.16. The number of rotatable bonds is 1. The van der Waals surface area contributed by atoms with Crippen LogP contribution < -0.4 is 0 Å². The maximum Gasteiger partial charge on any atom is 0.415 e. The Bertz CT molecular complexity index is 196. The molecule has 10 heteroatoms. The van der Waals surface area contributed by atoms with Gasteiger partial charge in [0.05, 0.1) is 0 Å². The van der Waals surface area contributed by atoms with E-state index in [1.165, 1.54) is 0 Å². The molecule has 0 saturated heterocycles. The molecule has 0 aliphatic heterocycles. The second kappa shape index (κ2) is 3.72. The lowest BCUT2D eigenvalue weighted by molar-refractivity contribution is -0.345. The molecule has 15 heavy (non-hydrogen) atoms. The van der Waals surface area contributed by atoms with E-state index in [1.807, 2.05) is 0 Å². The number of hydrogen-bond acceptors (Lipinski definition) is 1. The minimum atomic E-state index is -6.22. The zero-order chi connectivity index (χ0) is 12.7. The molecule has 1 N–H and O–H groups in total. The Hall–Kier alpha value is -0.670. The average molecular weight is 250 g/mol. The molecule has 0 aliphatic rings. The van der Waals surface area contributed by atoms with Gasteiger partial charge in [-0.2, -0.15) is 39.5 Å². The van der Waals surface area contributed by atoms with Gasteiger partial charge < -0.3 is 5.11 Å². The van der Waals surface area contributed by atoms with Crippen molar-refractivity contribution in [3.63, 3.8) is 0 Å². The van der Waals surface area contributed by atoms with E-state index in [0.717, 1.165) is 0 Å². The van der Waals surface area contributed by atoms with E-state index in [2.05, 4.69) is 0 Å². The third kappa shape index (κ3) is 3.76. The first kappa shape index (κ1) is 14.3. The zero-order valence-electron chi connectivity index (χ0n) is 6.50. The van der Waals surface area contributed by atoms with Crippen molar-refractivity contribution >= 4 is 0 Å². The van der Waals surface area contributed by atoms with Crippen LogP contribution in [0.25, 0.3) is 0 Å². The molecule has 0 aromatic heterocycles. The molecule has 0 radical (unpaired) electrons. The Balaban J connectivity index is 5.16. The number of aliphatic hydroxyl groups is 1. The molecule has 0 rings (SSSR count). The number of alkyl halides is 9. The quantitative estimate of drug-likeness (QED) is 0.709. The van der Waals surface area contributed by atoms with Crippen LogP contribution in [0, 0.1) is 5.92 Å². The molecule has 0 aromatic rings. The summed E-state index contributed by atoms with van der Waals surface area (Å²) in [5.74, 6) is -4.83. The predicted octanol–water partition coefficient (Wildman–Crippen LogP) is 2.65. The Morgan fingerprint density at radius 2 is 0.867 bits per heavy atom. The first-order valence-electron chi connectivity index (χ1n) is 3.16. The second-order valence-corrected chi connectivity index (χ2v) is 2.55. The van der Waals surface area contributed by atoms with Crippen molar-refractivity contribution in [1.82, 2.24) is 0 Å². The molecular weight excluding hydrogens is 247 g/mol. The topological polar surface area (TPSA) is 20.2 Å². The van der Waals surface area contributed by atoms with Crippen molar-refractivity contribution in [3.8, 4) is 0 Å². The van der Waals surface area contributed by atoms with Gasteiger partial charge in [-0.25, -0.2) is 0 Å². The molecule has 0 bridgehead atoms. The van der Waals surface area contributed by atoms with E-state index in [1.54, 1.807) is 0 Å². The van der Waals surface area contributed by atoms with Crippen LogP contribution in [0.1, 0.15) is 0 Å². The van der Waals surface area contributed by atoms with Crippen molar-refractivity contribution in [1.29, 1.82) is 0 Å². The standard InChI is InChI=1S/C5H3F9O/c6-3(7,8)1(4(9,10)11)2(15)5(12,13)14/h1-2,15H/t2-/m1/s1. The fraction of sp³-hybridized carbons (Fsp3) is 1.00. The van der Waals surface area contributed by atoms with Gasteiger partial charge in [0.2, 0.25) is 0 Å². The summed E-state index contributed by atoms with van der Waals surface area (Å²) in [6, 6.07) is 0. The Morgan fingerprint density at radius 3 is 0.933 bits per heavy atom. The van der Waals surface area contributed by atoms with Gasteiger partial charge in [-0.1, -0.05) is 0 Å². The molecule has 0 aromatic carbocycles. The molecule has 0 heterocycles. The van der Waals surface area contributed by atoms with E-state index in [0.29, 0.717) is 0 Å². The van der Waals surface area contributed by atoms with Crippen molar-refractivity contribution < 1.29 is 44.6 Å². The highest BCUT2D eigenvalue weighted by atomic mass is 19.4. The van der Waals surface area contributed by atoms with Gasteiger partial charge in [-0.3, -0.25) is 0 Å². The van der Waals surface area contributed by atoms with Crippen molar-refractivity contribution in [2.75, 3.05) is 0 Å². The van der Waals surface area contributed by atoms with Crippen LogP contribution in [0.5, 0.6) is 0 Å². The SMILES string of the molecule is O[C@H](C(C(F)(F)F)C(F)(F)F)C(F)(F)F. The molecule has 0 spiro atoms. The average Bonchev–Trinajstić information content (AvgIpc) is 1.76. The summed E-state index contributed by atoms with van der Waals surface area (Å²) in [6.45, 7) is 0. The van der Waals surface area contributed by atoms with E-state index >= 15 is 0 Å². The van der Waals surface area contributed by atoms with Gasteiger partial charge in [0, 0.05) is 0 Å². The maximum atomic E-state index is 11.6. The van der Waals surface area contributed by atoms with Crippen molar-refractivity contribution in [2.24, 2.45) is 5.92 Å². The van der Waals surface area contributed by atoms with Gasteiger partial charge in [0.25, 0.3) is 0 Å². The highest BCUT2D eigenvalue weighted by Gasteiger charge is 2.66. The molecule has 0 aliphatic carbocycles. The normalized spacial score (nSPS) is 17.0. The molecule has 0 saturated carbocycles. The summed E-state index contributed by atoms with van der Waals surface area (Å²) < 4.78 is 104. The van der Waals surface area contributed by atoms with Crippen LogP contribution in [0.2, 0.25) is 0 Å². The fourth-order valence-electron chi connectivity index (χ4n) is 0.733.